The van der Waals surface area contributed by atoms with Crippen molar-refractivity contribution >= 4 is 23.2 Å². The summed E-state index contributed by atoms with van der Waals surface area (Å²) in [6.45, 7) is 3.94. The van der Waals surface area contributed by atoms with Crippen LogP contribution in [0.2, 0.25) is 0 Å². The molecule has 2 heterocycles. The highest BCUT2D eigenvalue weighted by Gasteiger charge is 2.25. The summed E-state index contributed by atoms with van der Waals surface area (Å²) in [5.74, 6) is 2.06. The summed E-state index contributed by atoms with van der Waals surface area (Å²) in [5.41, 5.74) is 2.61. The fraction of sp³-hybridized carbons (Fsp3) is 0.400. The Kier molecular flexibility index (Phi) is 10.3. The van der Waals surface area contributed by atoms with Crippen molar-refractivity contribution in [3.63, 3.8) is 0 Å². The predicted molar refractivity (Wildman–Crippen MR) is 153 cm³/mol. The van der Waals surface area contributed by atoms with Crippen LogP contribution in [0.5, 0.6) is 23.0 Å². The van der Waals surface area contributed by atoms with E-state index in [0.717, 1.165) is 16.0 Å². The van der Waals surface area contributed by atoms with Crippen molar-refractivity contribution in [2.45, 2.75) is 26.3 Å². The number of rotatable bonds is 14. The molecule has 0 bridgehead atoms. The van der Waals surface area contributed by atoms with Gasteiger partial charge in [0.25, 0.3) is 5.91 Å². The number of hydrogen-bond donors (Lipinski definition) is 0. The molecule has 0 unspecified atom stereocenters. The van der Waals surface area contributed by atoms with Crippen molar-refractivity contribution in [3.8, 4) is 23.0 Å². The van der Waals surface area contributed by atoms with Crippen molar-refractivity contribution in [3.05, 3.63) is 69.4 Å². The van der Waals surface area contributed by atoms with Gasteiger partial charge in [-0.15, -0.1) is 11.3 Å². The third-order valence-electron chi connectivity index (χ3n) is 6.78. The summed E-state index contributed by atoms with van der Waals surface area (Å²) < 4.78 is 26.9. The van der Waals surface area contributed by atoms with Crippen LogP contribution in [0.15, 0.2) is 47.8 Å². The van der Waals surface area contributed by atoms with Crippen LogP contribution in [-0.2, 0) is 22.5 Å². The van der Waals surface area contributed by atoms with Crippen LogP contribution in [0, 0.1) is 6.92 Å². The Morgan fingerprint density at radius 3 is 2.45 bits per heavy atom. The zero-order valence-electron chi connectivity index (χ0n) is 23.4. The zero-order valence-corrected chi connectivity index (χ0v) is 24.3. The van der Waals surface area contributed by atoms with Gasteiger partial charge in [-0.1, -0.05) is 6.07 Å². The van der Waals surface area contributed by atoms with Gasteiger partial charge in [-0.05, 0) is 72.7 Å². The number of methoxy groups -OCH3 is 3. The van der Waals surface area contributed by atoms with E-state index in [1.807, 2.05) is 35.4 Å². The number of carbonyl (C=O) groups excluding carboxylic acids is 2. The highest BCUT2D eigenvalue weighted by molar-refractivity contribution is 7.10. The maximum Gasteiger partial charge on any atom is 0.254 e. The summed E-state index contributed by atoms with van der Waals surface area (Å²) in [5, 5.41) is 2.03. The van der Waals surface area contributed by atoms with Crippen molar-refractivity contribution in [1.29, 1.82) is 0 Å². The molecule has 0 radical (unpaired) electrons. The van der Waals surface area contributed by atoms with Crippen molar-refractivity contribution in [2.75, 3.05) is 54.4 Å². The Hall–Kier alpha value is -3.76. The Morgan fingerprint density at radius 1 is 0.925 bits per heavy atom. The van der Waals surface area contributed by atoms with Gasteiger partial charge in [0.15, 0.2) is 23.0 Å². The smallest absolute Gasteiger partial charge is 0.254 e. The number of aryl methyl sites for hydroxylation is 1. The van der Waals surface area contributed by atoms with Crippen LogP contribution in [0.4, 0.5) is 0 Å². The zero-order chi connectivity index (χ0) is 28.5. The SMILES string of the molecule is COCCCN(CC(=O)N(CCc1ccc(OC)c(OC)c1)Cc1sccc1C)C(=O)c1ccc2c(c1)OCO2. The molecule has 2 amide bonds. The summed E-state index contributed by atoms with van der Waals surface area (Å²) >= 11 is 1.62. The first-order valence-corrected chi connectivity index (χ1v) is 14.0. The van der Waals surface area contributed by atoms with Crippen LogP contribution in [0.1, 0.15) is 32.8 Å². The topological polar surface area (TPSA) is 86.8 Å². The maximum absolute atomic E-state index is 13.8. The van der Waals surface area contributed by atoms with E-state index in [0.29, 0.717) is 67.6 Å². The van der Waals surface area contributed by atoms with Gasteiger partial charge in [-0.3, -0.25) is 9.59 Å². The van der Waals surface area contributed by atoms with Crippen molar-refractivity contribution < 1.29 is 33.3 Å². The van der Waals surface area contributed by atoms with Crippen LogP contribution in [-0.4, -0.2) is 76.0 Å². The molecule has 0 fully saturated rings. The standard InChI is InChI=1S/C30H36N2O7S/c1-21-11-15-40-28(21)18-31(13-10-22-6-8-24(36-3)26(16-22)37-4)29(33)19-32(12-5-14-35-2)30(34)23-7-9-25-27(17-23)39-20-38-25/h6-9,11,15-17H,5,10,12-14,18-20H2,1-4H3. The number of amides is 2. The molecule has 0 atom stereocenters. The molecule has 4 rings (SSSR count). The summed E-state index contributed by atoms with van der Waals surface area (Å²) in [6, 6.07) is 12.9. The van der Waals surface area contributed by atoms with Crippen LogP contribution in [0.3, 0.4) is 0 Å². The number of thiophene rings is 1. The van der Waals surface area contributed by atoms with E-state index in [9.17, 15) is 9.59 Å². The Bertz CT molecular complexity index is 1310. The molecule has 0 N–H and O–H groups in total. The van der Waals surface area contributed by atoms with Crippen molar-refractivity contribution in [2.24, 2.45) is 0 Å². The van der Waals surface area contributed by atoms with Crippen LogP contribution >= 0.6 is 11.3 Å². The van der Waals surface area contributed by atoms with Crippen molar-refractivity contribution in [1.82, 2.24) is 9.80 Å². The van der Waals surface area contributed by atoms with E-state index in [1.54, 1.807) is 55.8 Å². The Labute approximate surface area is 239 Å². The van der Waals surface area contributed by atoms with Gasteiger partial charge in [0, 0.05) is 37.2 Å². The molecule has 10 heteroatoms. The molecule has 0 saturated carbocycles. The minimum atomic E-state index is -0.241. The van der Waals surface area contributed by atoms with Crippen LogP contribution in [0.25, 0.3) is 0 Å². The lowest BCUT2D eigenvalue weighted by molar-refractivity contribution is -0.132. The minimum Gasteiger partial charge on any atom is -0.493 e. The highest BCUT2D eigenvalue weighted by atomic mass is 32.1. The first kappa shape index (κ1) is 29.2. The molecule has 214 valence electrons. The van der Waals surface area contributed by atoms with E-state index in [1.165, 1.54) is 0 Å². The fourth-order valence-electron chi connectivity index (χ4n) is 4.46. The molecule has 3 aromatic rings. The second kappa shape index (κ2) is 14.0. The largest absolute Gasteiger partial charge is 0.493 e. The molecule has 9 nitrogen and oxygen atoms in total. The molecule has 40 heavy (non-hydrogen) atoms. The van der Waals surface area contributed by atoms with E-state index in [4.69, 9.17) is 23.7 Å². The maximum atomic E-state index is 13.8. The highest BCUT2D eigenvalue weighted by Crippen LogP contribution is 2.33. The number of ether oxygens (including phenoxy) is 5. The first-order valence-electron chi connectivity index (χ1n) is 13.1. The van der Waals surface area contributed by atoms with Crippen LogP contribution < -0.4 is 18.9 Å². The monoisotopic (exact) mass is 568 g/mol. The lowest BCUT2D eigenvalue weighted by atomic mass is 10.1. The fourth-order valence-corrected chi connectivity index (χ4v) is 5.38. The third-order valence-corrected chi connectivity index (χ3v) is 7.79. The van der Waals surface area contributed by atoms with E-state index in [-0.39, 0.29) is 25.2 Å². The molecule has 1 aliphatic heterocycles. The third kappa shape index (κ3) is 7.25. The van der Waals surface area contributed by atoms with Gasteiger partial charge in [-0.25, -0.2) is 0 Å². The van der Waals surface area contributed by atoms with Gasteiger partial charge in [0.1, 0.15) is 6.54 Å². The van der Waals surface area contributed by atoms with E-state index < -0.39 is 0 Å². The summed E-state index contributed by atoms with van der Waals surface area (Å²) in [4.78, 5) is 31.9. The molecule has 2 aromatic carbocycles. The predicted octanol–water partition coefficient (Wildman–Crippen LogP) is 4.55. The average molecular weight is 569 g/mol. The molecule has 0 spiro atoms. The molecule has 0 saturated heterocycles. The number of benzene rings is 2. The lowest BCUT2D eigenvalue weighted by Gasteiger charge is -2.28. The number of carbonyl (C=O) groups is 2. The second-order valence-electron chi connectivity index (χ2n) is 9.42. The number of nitrogens with zero attached hydrogens (tertiary/aromatic N) is 2. The summed E-state index contributed by atoms with van der Waals surface area (Å²) in [6.07, 6.45) is 1.23. The summed E-state index contributed by atoms with van der Waals surface area (Å²) in [7, 11) is 4.82. The van der Waals surface area contributed by atoms with Gasteiger partial charge in [0.05, 0.1) is 20.8 Å². The van der Waals surface area contributed by atoms with Gasteiger partial charge >= 0.3 is 0 Å². The van der Waals surface area contributed by atoms with Gasteiger partial charge in [0.2, 0.25) is 12.7 Å². The molecule has 1 aliphatic rings. The Morgan fingerprint density at radius 2 is 1.73 bits per heavy atom. The Balaban J connectivity index is 1.52. The second-order valence-corrected chi connectivity index (χ2v) is 10.4. The lowest BCUT2D eigenvalue weighted by Crippen LogP contribution is -2.44. The van der Waals surface area contributed by atoms with Gasteiger partial charge < -0.3 is 33.5 Å². The normalized spacial score (nSPS) is 11.8. The van der Waals surface area contributed by atoms with E-state index >= 15 is 0 Å². The number of hydrogen-bond acceptors (Lipinski definition) is 8. The molecule has 0 aliphatic carbocycles. The molecule has 1 aromatic heterocycles. The van der Waals surface area contributed by atoms with Gasteiger partial charge in [-0.2, -0.15) is 0 Å². The quantitative estimate of drug-likeness (QED) is 0.264. The average Bonchev–Trinajstić information content (AvgIpc) is 3.62. The molecular weight excluding hydrogens is 532 g/mol. The van der Waals surface area contributed by atoms with E-state index in [2.05, 4.69) is 6.07 Å². The number of fused-ring (bicyclic) bond motifs is 1. The molecular formula is C30H36N2O7S. The minimum absolute atomic E-state index is 0.0483. The first-order chi connectivity index (χ1) is 19.4.